The van der Waals surface area contributed by atoms with Gasteiger partial charge in [0.25, 0.3) is 0 Å². The topological polar surface area (TPSA) is 33.0 Å². The molecule has 0 saturated heterocycles. The van der Waals surface area contributed by atoms with Gasteiger partial charge in [-0.1, -0.05) is 23.2 Å². The maximum atomic E-state index is 8.77. The molecule has 5 heteroatoms. The van der Waals surface area contributed by atoms with E-state index in [-0.39, 0.29) is 0 Å². The lowest BCUT2D eigenvalue weighted by molar-refractivity contribution is 0.480. The van der Waals surface area contributed by atoms with E-state index in [1.807, 2.05) is 6.07 Å². The van der Waals surface area contributed by atoms with E-state index in [4.69, 9.17) is 33.2 Å². The van der Waals surface area contributed by atoms with Crippen molar-refractivity contribution in [1.29, 1.82) is 5.26 Å². The quantitative estimate of drug-likeness (QED) is 0.730. The van der Waals surface area contributed by atoms with Crippen molar-refractivity contribution in [2.45, 2.75) is 0 Å². The van der Waals surface area contributed by atoms with E-state index in [1.165, 1.54) is 0 Å². The molecule has 0 amide bonds. The van der Waals surface area contributed by atoms with Gasteiger partial charge in [-0.2, -0.15) is 5.26 Å². The number of ether oxygens (including phenoxy) is 1. The van der Waals surface area contributed by atoms with Crippen molar-refractivity contribution in [3.05, 3.63) is 56.5 Å². The van der Waals surface area contributed by atoms with Gasteiger partial charge in [0.15, 0.2) is 0 Å². The third kappa shape index (κ3) is 2.97. The predicted octanol–water partition coefficient (Wildman–Crippen LogP) is 5.42. The highest BCUT2D eigenvalue weighted by Gasteiger charge is 2.07. The molecule has 0 spiro atoms. The van der Waals surface area contributed by atoms with Gasteiger partial charge in [-0.05, 0) is 46.3 Å². The van der Waals surface area contributed by atoms with Crippen molar-refractivity contribution in [1.82, 2.24) is 0 Å². The fourth-order valence-electron chi connectivity index (χ4n) is 1.33. The molecule has 0 N–H and O–H groups in total. The molecule has 2 aromatic rings. The summed E-state index contributed by atoms with van der Waals surface area (Å²) in [6.45, 7) is 0. The van der Waals surface area contributed by atoms with Crippen LogP contribution in [0, 0.1) is 11.3 Å². The number of nitrogens with zero attached hydrogens (tertiary/aromatic N) is 1. The Hall–Kier alpha value is -1.21. The van der Waals surface area contributed by atoms with Crippen LogP contribution in [0.4, 0.5) is 0 Å². The van der Waals surface area contributed by atoms with Gasteiger partial charge in [0.1, 0.15) is 11.5 Å². The van der Waals surface area contributed by atoms with Crippen molar-refractivity contribution in [2.75, 3.05) is 0 Å². The Balaban J connectivity index is 2.34. The highest BCUT2D eigenvalue weighted by atomic mass is 79.9. The number of nitriles is 1. The molecule has 0 aliphatic carbocycles. The standard InChI is InChI=1S/C13H6BrCl2NO/c14-10-5-8(7-17)1-4-12(10)18-13-6-9(15)2-3-11(13)16/h1-6H. The molecule has 0 bridgehead atoms. The summed E-state index contributed by atoms with van der Waals surface area (Å²) in [4.78, 5) is 0. The van der Waals surface area contributed by atoms with E-state index in [2.05, 4.69) is 15.9 Å². The fourth-order valence-corrected chi connectivity index (χ4v) is 2.10. The summed E-state index contributed by atoms with van der Waals surface area (Å²) in [7, 11) is 0. The maximum absolute atomic E-state index is 8.77. The van der Waals surface area contributed by atoms with Crippen LogP contribution in [-0.2, 0) is 0 Å². The van der Waals surface area contributed by atoms with Gasteiger partial charge in [0.05, 0.1) is 21.1 Å². The summed E-state index contributed by atoms with van der Waals surface area (Å²) in [5.74, 6) is 1.03. The minimum absolute atomic E-state index is 0.467. The van der Waals surface area contributed by atoms with E-state index in [9.17, 15) is 0 Å². The highest BCUT2D eigenvalue weighted by Crippen LogP contribution is 2.35. The Bertz CT molecular complexity index is 637. The molecule has 2 nitrogen and oxygen atoms in total. The lowest BCUT2D eigenvalue weighted by Gasteiger charge is -2.09. The van der Waals surface area contributed by atoms with Crippen molar-refractivity contribution >= 4 is 39.1 Å². The van der Waals surface area contributed by atoms with Crippen LogP contribution in [0.1, 0.15) is 5.56 Å². The summed E-state index contributed by atoms with van der Waals surface area (Å²) >= 11 is 15.2. The molecular weight excluding hydrogens is 337 g/mol. The molecule has 0 aliphatic heterocycles. The number of rotatable bonds is 2. The van der Waals surface area contributed by atoms with Gasteiger partial charge in [0, 0.05) is 11.1 Å². The van der Waals surface area contributed by atoms with Crippen LogP contribution in [-0.4, -0.2) is 0 Å². The molecule has 0 saturated carbocycles. The van der Waals surface area contributed by atoms with E-state index in [0.717, 1.165) is 0 Å². The van der Waals surface area contributed by atoms with Crippen molar-refractivity contribution in [2.24, 2.45) is 0 Å². The molecule has 0 heterocycles. The zero-order chi connectivity index (χ0) is 13.1. The molecule has 0 radical (unpaired) electrons. The van der Waals surface area contributed by atoms with E-state index >= 15 is 0 Å². The highest BCUT2D eigenvalue weighted by molar-refractivity contribution is 9.10. The lowest BCUT2D eigenvalue weighted by atomic mass is 10.2. The zero-order valence-corrected chi connectivity index (χ0v) is 12.1. The van der Waals surface area contributed by atoms with E-state index in [1.54, 1.807) is 36.4 Å². The molecule has 0 aliphatic rings. The Morgan fingerprint density at radius 3 is 2.50 bits per heavy atom. The molecule has 2 aromatic carbocycles. The Morgan fingerprint density at radius 2 is 1.83 bits per heavy atom. The first-order valence-electron chi connectivity index (χ1n) is 4.92. The molecule has 0 fully saturated rings. The Kier molecular flexibility index (Phi) is 4.13. The third-order valence-electron chi connectivity index (χ3n) is 2.17. The lowest BCUT2D eigenvalue weighted by Crippen LogP contribution is -1.87. The normalized spacial score (nSPS) is 9.89. The van der Waals surface area contributed by atoms with Crippen LogP contribution in [0.25, 0.3) is 0 Å². The van der Waals surface area contributed by atoms with Gasteiger partial charge >= 0.3 is 0 Å². The first-order valence-corrected chi connectivity index (χ1v) is 6.47. The monoisotopic (exact) mass is 341 g/mol. The molecule has 18 heavy (non-hydrogen) atoms. The predicted molar refractivity (Wildman–Crippen MR) is 75.4 cm³/mol. The van der Waals surface area contributed by atoms with Gasteiger partial charge < -0.3 is 4.74 Å². The van der Waals surface area contributed by atoms with Crippen LogP contribution >= 0.6 is 39.1 Å². The second kappa shape index (κ2) is 5.62. The minimum Gasteiger partial charge on any atom is -0.455 e. The maximum Gasteiger partial charge on any atom is 0.147 e. The van der Waals surface area contributed by atoms with Crippen LogP contribution in [0.2, 0.25) is 10.0 Å². The van der Waals surface area contributed by atoms with E-state index < -0.39 is 0 Å². The first-order chi connectivity index (χ1) is 8.60. The van der Waals surface area contributed by atoms with Crippen LogP contribution in [0.3, 0.4) is 0 Å². The average Bonchev–Trinajstić information content (AvgIpc) is 2.36. The van der Waals surface area contributed by atoms with Crippen molar-refractivity contribution in [3.8, 4) is 17.6 Å². The van der Waals surface area contributed by atoms with Crippen LogP contribution in [0.15, 0.2) is 40.9 Å². The van der Waals surface area contributed by atoms with Crippen LogP contribution in [0.5, 0.6) is 11.5 Å². The summed E-state index contributed by atoms with van der Waals surface area (Å²) in [5, 5.41) is 9.78. The van der Waals surface area contributed by atoms with Gasteiger partial charge in [0.2, 0.25) is 0 Å². The Morgan fingerprint density at radius 1 is 1.06 bits per heavy atom. The first kappa shape index (κ1) is 13.2. The van der Waals surface area contributed by atoms with Crippen LogP contribution < -0.4 is 4.74 Å². The summed E-state index contributed by atoms with van der Waals surface area (Å²) in [6.07, 6.45) is 0. The van der Waals surface area contributed by atoms with Crippen molar-refractivity contribution in [3.63, 3.8) is 0 Å². The van der Waals surface area contributed by atoms with Crippen molar-refractivity contribution < 1.29 is 4.74 Å². The molecule has 0 unspecified atom stereocenters. The SMILES string of the molecule is N#Cc1ccc(Oc2cc(Cl)ccc2Cl)c(Br)c1. The fraction of sp³-hybridized carbons (Fsp3) is 0. The summed E-state index contributed by atoms with van der Waals surface area (Å²) < 4.78 is 6.33. The van der Waals surface area contributed by atoms with Gasteiger partial charge in [-0.25, -0.2) is 0 Å². The average molecular weight is 343 g/mol. The third-order valence-corrected chi connectivity index (χ3v) is 3.34. The largest absolute Gasteiger partial charge is 0.455 e. The molecule has 0 atom stereocenters. The second-order valence-corrected chi connectivity index (χ2v) is 5.13. The number of benzene rings is 2. The number of hydrogen-bond acceptors (Lipinski definition) is 2. The molecule has 2 rings (SSSR count). The zero-order valence-electron chi connectivity index (χ0n) is 8.95. The number of halogens is 3. The Labute approximate surface area is 123 Å². The molecule has 0 aromatic heterocycles. The molecular formula is C13H6BrCl2NO. The number of hydrogen-bond donors (Lipinski definition) is 0. The molecule has 90 valence electrons. The van der Waals surface area contributed by atoms with Gasteiger partial charge in [-0.15, -0.1) is 0 Å². The second-order valence-electron chi connectivity index (χ2n) is 3.43. The summed E-state index contributed by atoms with van der Waals surface area (Å²) in [6, 6.07) is 12.1. The smallest absolute Gasteiger partial charge is 0.147 e. The van der Waals surface area contributed by atoms with E-state index in [0.29, 0.717) is 31.6 Å². The minimum atomic E-state index is 0.467. The van der Waals surface area contributed by atoms with Gasteiger partial charge in [-0.3, -0.25) is 0 Å². The summed E-state index contributed by atoms with van der Waals surface area (Å²) in [5.41, 5.74) is 0.548.